The Morgan fingerprint density at radius 1 is 1.24 bits per heavy atom. The molecule has 0 spiro atoms. The molecule has 2 N–H and O–H groups in total. The molecule has 2 unspecified atom stereocenters. The van der Waals surface area contributed by atoms with Crippen LogP contribution in [0, 0.1) is 11.3 Å². The number of carbonyl (C=O) groups is 1. The van der Waals surface area contributed by atoms with Gasteiger partial charge in [-0.15, -0.1) is 0 Å². The van der Waals surface area contributed by atoms with E-state index in [9.17, 15) is 4.79 Å². The molecule has 0 aromatic heterocycles. The van der Waals surface area contributed by atoms with Crippen LogP contribution in [0.3, 0.4) is 0 Å². The molecule has 0 rings (SSSR count). The van der Waals surface area contributed by atoms with Gasteiger partial charge in [-0.2, -0.15) is 0 Å². The number of hydrogen-bond donors (Lipinski definition) is 2. The van der Waals surface area contributed by atoms with Gasteiger partial charge >= 0.3 is 0 Å². The minimum atomic E-state index is 0.104. The summed E-state index contributed by atoms with van der Waals surface area (Å²) in [5.41, 5.74) is 0.291. The molecule has 0 aliphatic heterocycles. The van der Waals surface area contributed by atoms with E-state index in [1.54, 1.807) is 0 Å². The molecule has 0 radical (unpaired) electrons. The Morgan fingerprint density at radius 3 is 2.29 bits per heavy atom. The highest BCUT2D eigenvalue weighted by Crippen LogP contribution is 2.24. The number of nitrogens with one attached hydrogen (secondary N) is 2. The normalized spacial score (nSPS) is 15.4. The van der Waals surface area contributed by atoms with Crippen LogP contribution in [0.2, 0.25) is 0 Å². The fourth-order valence-electron chi connectivity index (χ4n) is 1.54. The lowest BCUT2D eigenvalue weighted by Crippen LogP contribution is -2.41. The van der Waals surface area contributed by atoms with Crippen molar-refractivity contribution in [2.75, 3.05) is 13.1 Å². The standard InChI is InChI=1S/C14H30N2O/c1-7-8-12(3)16-13(17)10-15-9-11(2)14(4,5)6/h11-12,15H,7-10H2,1-6H3,(H,16,17). The maximum Gasteiger partial charge on any atom is 0.234 e. The second kappa shape index (κ2) is 7.70. The van der Waals surface area contributed by atoms with Crippen LogP contribution in [0.1, 0.15) is 54.4 Å². The SMILES string of the molecule is CCCC(C)NC(=O)CNCC(C)C(C)(C)C. The maximum atomic E-state index is 11.6. The first-order valence-electron chi connectivity index (χ1n) is 6.77. The second-order valence-corrected chi connectivity index (χ2v) is 6.16. The molecular weight excluding hydrogens is 212 g/mol. The maximum absolute atomic E-state index is 11.6. The third-order valence-corrected chi connectivity index (χ3v) is 3.34. The summed E-state index contributed by atoms with van der Waals surface area (Å²) in [6, 6.07) is 0.286. The van der Waals surface area contributed by atoms with E-state index in [0.29, 0.717) is 17.9 Å². The van der Waals surface area contributed by atoms with E-state index in [0.717, 1.165) is 19.4 Å². The molecule has 102 valence electrons. The molecule has 3 nitrogen and oxygen atoms in total. The molecule has 0 heterocycles. The van der Waals surface area contributed by atoms with E-state index in [1.807, 2.05) is 0 Å². The zero-order valence-electron chi connectivity index (χ0n) is 12.4. The van der Waals surface area contributed by atoms with Gasteiger partial charge in [-0.3, -0.25) is 4.79 Å². The van der Waals surface area contributed by atoms with Gasteiger partial charge in [-0.05, 0) is 31.2 Å². The van der Waals surface area contributed by atoms with Crippen LogP contribution >= 0.6 is 0 Å². The predicted octanol–water partition coefficient (Wildman–Crippen LogP) is 2.56. The first-order valence-corrected chi connectivity index (χ1v) is 6.77. The molecular formula is C14H30N2O. The van der Waals surface area contributed by atoms with E-state index in [1.165, 1.54) is 0 Å². The fourth-order valence-corrected chi connectivity index (χ4v) is 1.54. The average molecular weight is 242 g/mol. The molecule has 0 aliphatic carbocycles. The Hall–Kier alpha value is -0.570. The van der Waals surface area contributed by atoms with Crippen LogP contribution in [0.15, 0.2) is 0 Å². The quantitative estimate of drug-likeness (QED) is 0.720. The van der Waals surface area contributed by atoms with E-state index in [2.05, 4.69) is 52.2 Å². The summed E-state index contributed by atoms with van der Waals surface area (Å²) in [5, 5.41) is 6.22. The van der Waals surface area contributed by atoms with Crippen LogP contribution in [0.5, 0.6) is 0 Å². The molecule has 17 heavy (non-hydrogen) atoms. The van der Waals surface area contributed by atoms with Crippen LogP contribution in [-0.4, -0.2) is 25.0 Å². The van der Waals surface area contributed by atoms with Crippen LogP contribution in [0.25, 0.3) is 0 Å². The minimum Gasteiger partial charge on any atom is -0.353 e. The van der Waals surface area contributed by atoms with E-state index < -0.39 is 0 Å². The van der Waals surface area contributed by atoms with Crippen molar-refractivity contribution in [1.29, 1.82) is 0 Å². The highest BCUT2D eigenvalue weighted by molar-refractivity contribution is 5.78. The predicted molar refractivity (Wildman–Crippen MR) is 74.0 cm³/mol. The zero-order valence-corrected chi connectivity index (χ0v) is 12.4. The summed E-state index contributed by atoms with van der Waals surface area (Å²) in [5.74, 6) is 0.662. The van der Waals surface area contributed by atoms with Gasteiger partial charge < -0.3 is 10.6 Å². The van der Waals surface area contributed by atoms with Gasteiger partial charge in [0.2, 0.25) is 5.91 Å². The zero-order chi connectivity index (χ0) is 13.5. The summed E-state index contributed by atoms with van der Waals surface area (Å²) >= 11 is 0. The van der Waals surface area contributed by atoms with Crippen LogP contribution < -0.4 is 10.6 Å². The van der Waals surface area contributed by atoms with E-state index in [-0.39, 0.29) is 11.9 Å². The topological polar surface area (TPSA) is 41.1 Å². The second-order valence-electron chi connectivity index (χ2n) is 6.16. The monoisotopic (exact) mass is 242 g/mol. The van der Waals surface area contributed by atoms with Gasteiger partial charge in [0.05, 0.1) is 6.54 Å². The Balaban J connectivity index is 3.72. The highest BCUT2D eigenvalue weighted by Gasteiger charge is 2.19. The molecule has 0 saturated heterocycles. The minimum absolute atomic E-state index is 0.104. The third kappa shape index (κ3) is 8.19. The lowest BCUT2D eigenvalue weighted by molar-refractivity contribution is -0.120. The number of carbonyl (C=O) groups excluding carboxylic acids is 1. The largest absolute Gasteiger partial charge is 0.353 e. The summed E-state index contributed by atoms with van der Waals surface area (Å²) in [6.07, 6.45) is 2.15. The van der Waals surface area contributed by atoms with Gasteiger partial charge in [-0.1, -0.05) is 41.0 Å². The Morgan fingerprint density at radius 2 is 1.82 bits per heavy atom. The van der Waals surface area contributed by atoms with Crippen molar-refractivity contribution in [2.24, 2.45) is 11.3 Å². The first-order chi connectivity index (χ1) is 7.77. The van der Waals surface area contributed by atoms with Crippen molar-refractivity contribution in [2.45, 2.75) is 60.4 Å². The summed E-state index contributed by atoms with van der Waals surface area (Å²) in [4.78, 5) is 11.6. The third-order valence-electron chi connectivity index (χ3n) is 3.34. The van der Waals surface area contributed by atoms with Crippen LogP contribution in [-0.2, 0) is 4.79 Å². The fraction of sp³-hybridized carbons (Fsp3) is 0.929. The first kappa shape index (κ1) is 16.4. The van der Waals surface area contributed by atoms with E-state index >= 15 is 0 Å². The van der Waals surface area contributed by atoms with E-state index in [4.69, 9.17) is 0 Å². The lowest BCUT2D eigenvalue weighted by Gasteiger charge is -2.27. The molecule has 2 atom stereocenters. The molecule has 0 aromatic carbocycles. The van der Waals surface area contributed by atoms with Crippen LogP contribution in [0.4, 0.5) is 0 Å². The molecule has 0 fully saturated rings. The van der Waals surface area contributed by atoms with Crippen molar-refractivity contribution in [3.05, 3.63) is 0 Å². The van der Waals surface area contributed by atoms with Gasteiger partial charge in [-0.25, -0.2) is 0 Å². The molecule has 1 amide bonds. The van der Waals surface area contributed by atoms with Gasteiger partial charge in [0, 0.05) is 6.04 Å². The molecule has 0 aliphatic rings. The molecule has 0 bridgehead atoms. The molecule has 0 saturated carbocycles. The lowest BCUT2D eigenvalue weighted by atomic mass is 9.82. The summed E-state index contributed by atoms with van der Waals surface area (Å²) in [6.45, 7) is 14.4. The summed E-state index contributed by atoms with van der Waals surface area (Å²) < 4.78 is 0. The van der Waals surface area contributed by atoms with Crippen molar-refractivity contribution < 1.29 is 4.79 Å². The van der Waals surface area contributed by atoms with Crippen molar-refractivity contribution in [3.8, 4) is 0 Å². The van der Waals surface area contributed by atoms with Gasteiger partial charge in [0.15, 0.2) is 0 Å². The molecule has 3 heteroatoms. The molecule has 0 aromatic rings. The number of rotatable bonds is 7. The highest BCUT2D eigenvalue weighted by atomic mass is 16.1. The van der Waals surface area contributed by atoms with Crippen molar-refractivity contribution in [1.82, 2.24) is 10.6 Å². The summed E-state index contributed by atoms with van der Waals surface area (Å²) in [7, 11) is 0. The smallest absolute Gasteiger partial charge is 0.234 e. The Kier molecular flexibility index (Phi) is 7.44. The number of amides is 1. The Labute approximate surface area is 107 Å². The Bertz CT molecular complexity index is 221. The average Bonchev–Trinajstić information content (AvgIpc) is 2.16. The van der Waals surface area contributed by atoms with Gasteiger partial charge in [0.25, 0.3) is 0 Å². The number of hydrogen-bond acceptors (Lipinski definition) is 2. The van der Waals surface area contributed by atoms with Crippen molar-refractivity contribution >= 4 is 5.91 Å². The van der Waals surface area contributed by atoms with Crippen molar-refractivity contribution in [3.63, 3.8) is 0 Å². The van der Waals surface area contributed by atoms with Gasteiger partial charge in [0.1, 0.15) is 0 Å².